The van der Waals surface area contributed by atoms with Crippen LogP contribution in [0, 0.1) is 0 Å². The quantitative estimate of drug-likeness (QED) is 0.698. The number of primary amides is 1. The van der Waals surface area contributed by atoms with E-state index < -0.39 is 5.91 Å². The summed E-state index contributed by atoms with van der Waals surface area (Å²) in [6.45, 7) is 0.826. The Morgan fingerprint density at radius 2 is 2.11 bits per heavy atom. The number of anilines is 2. The highest BCUT2D eigenvalue weighted by molar-refractivity contribution is 6.00. The van der Waals surface area contributed by atoms with Crippen LogP contribution in [0.3, 0.4) is 0 Å². The maximum Gasteiger partial charge on any atom is 0.250 e. The Kier molecular flexibility index (Phi) is 3.66. The molecule has 0 aliphatic heterocycles. The van der Waals surface area contributed by atoms with Crippen molar-refractivity contribution in [2.45, 2.75) is 24.8 Å². The van der Waals surface area contributed by atoms with Gasteiger partial charge in [0.15, 0.2) is 0 Å². The van der Waals surface area contributed by atoms with E-state index in [1.54, 1.807) is 12.1 Å². The highest BCUT2D eigenvalue weighted by atomic mass is 16.1. The molecule has 1 aliphatic rings. The molecule has 0 saturated heterocycles. The molecule has 5 heteroatoms. The standard InChI is InChI=1S/C14H22N4O/c1-18(2)14(7-4-8-14)9-17-11-6-3-5-10(12(11)15)13(16)19/h3,5-6,17H,4,7-9,15H2,1-2H3,(H2,16,19). The number of benzene rings is 1. The third-order valence-electron chi connectivity index (χ3n) is 4.21. The molecule has 104 valence electrons. The number of carbonyl (C=O) groups excluding carboxylic acids is 1. The van der Waals surface area contributed by atoms with Crippen molar-refractivity contribution in [3.8, 4) is 0 Å². The number of nitrogen functional groups attached to an aromatic ring is 1. The molecule has 5 N–H and O–H groups in total. The Morgan fingerprint density at radius 3 is 2.58 bits per heavy atom. The first-order chi connectivity index (χ1) is 8.96. The van der Waals surface area contributed by atoms with Crippen LogP contribution in [0.25, 0.3) is 0 Å². The SMILES string of the molecule is CN(C)C1(CNc2cccc(C(N)=O)c2N)CCC1. The number of para-hydroxylation sites is 1. The molecule has 1 fully saturated rings. The minimum atomic E-state index is -0.493. The van der Waals surface area contributed by atoms with Gasteiger partial charge in [-0.2, -0.15) is 0 Å². The summed E-state index contributed by atoms with van der Waals surface area (Å²) in [5.41, 5.74) is 13.1. The maximum atomic E-state index is 11.3. The topological polar surface area (TPSA) is 84.4 Å². The predicted octanol–water partition coefficient (Wildman–Crippen LogP) is 1.26. The molecule has 1 aromatic rings. The van der Waals surface area contributed by atoms with E-state index in [9.17, 15) is 4.79 Å². The molecule has 1 aromatic carbocycles. The highest BCUT2D eigenvalue weighted by Crippen LogP contribution is 2.36. The molecule has 1 amide bonds. The van der Waals surface area contributed by atoms with Gasteiger partial charge in [-0.25, -0.2) is 0 Å². The Morgan fingerprint density at radius 1 is 1.42 bits per heavy atom. The lowest BCUT2D eigenvalue weighted by Crippen LogP contribution is -2.54. The molecule has 1 aliphatic carbocycles. The molecule has 0 heterocycles. The number of likely N-dealkylation sites (N-methyl/N-ethyl adjacent to an activating group) is 1. The van der Waals surface area contributed by atoms with Gasteiger partial charge in [0.2, 0.25) is 0 Å². The summed E-state index contributed by atoms with van der Waals surface area (Å²) in [5.74, 6) is -0.493. The third kappa shape index (κ3) is 2.51. The van der Waals surface area contributed by atoms with Crippen molar-refractivity contribution >= 4 is 17.3 Å². The van der Waals surface area contributed by atoms with E-state index in [-0.39, 0.29) is 5.54 Å². The largest absolute Gasteiger partial charge is 0.396 e. The number of amides is 1. The molecule has 0 unspecified atom stereocenters. The van der Waals surface area contributed by atoms with Crippen LogP contribution < -0.4 is 16.8 Å². The molecule has 5 nitrogen and oxygen atoms in total. The van der Waals surface area contributed by atoms with Crippen molar-refractivity contribution in [1.82, 2.24) is 4.90 Å². The van der Waals surface area contributed by atoms with E-state index in [2.05, 4.69) is 24.3 Å². The summed E-state index contributed by atoms with van der Waals surface area (Å²) in [6, 6.07) is 5.32. The van der Waals surface area contributed by atoms with Gasteiger partial charge in [-0.15, -0.1) is 0 Å². The number of hydrogen-bond acceptors (Lipinski definition) is 4. The predicted molar refractivity (Wildman–Crippen MR) is 78.1 cm³/mol. The van der Waals surface area contributed by atoms with Crippen molar-refractivity contribution in [1.29, 1.82) is 0 Å². The van der Waals surface area contributed by atoms with Crippen molar-refractivity contribution in [3.05, 3.63) is 23.8 Å². The van der Waals surface area contributed by atoms with Crippen LogP contribution in [0.5, 0.6) is 0 Å². The summed E-state index contributed by atoms with van der Waals surface area (Å²) in [6.07, 6.45) is 3.63. The maximum absolute atomic E-state index is 11.3. The minimum absolute atomic E-state index is 0.204. The van der Waals surface area contributed by atoms with Gasteiger partial charge in [0, 0.05) is 12.1 Å². The zero-order valence-corrected chi connectivity index (χ0v) is 11.6. The van der Waals surface area contributed by atoms with E-state index >= 15 is 0 Å². The number of rotatable bonds is 5. The van der Waals surface area contributed by atoms with Gasteiger partial charge in [-0.1, -0.05) is 6.07 Å². The number of carbonyl (C=O) groups is 1. The first-order valence-corrected chi connectivity index (χ1v) is 6.56. The summed E-state index contributed by atoms with van der Waals surface area (Å²) < 4.78 is 0. The summed E-state index contributed by atoms with van der Waals surface area (Å²) in [5, 5.41) is 3.36. The summed E-state index contributed by atoms with van der Waals surface area (Å²) in [7, 11) is 4.20. The normalized spacial score (nSPS) is 17.0. The fourth-order valence-corrected chi connectivity index (χ4v) is 2.56. The van der Waals surface area contributed by atoms with Crippen molar-refractivity contribution < 1.29 is 4.79 Å². The number of nitrogens with one attached hydrogen (secondary N) is 1. The van der Waals surface area contributed by atoms with Crippen molar-refractivity contribution in [2.75, 3.05) is 31.7 Å². The number of nitrogens with two attached hydrogens (primary N) is 2. The van der Waals surface area contributed by atoms with Crippen LogP contribution in [-0.2, 0) is 0 Å². The summed E-state index contributed by atoms with van der Waals surface area (Å²) in [4.78, 5) is 13.5. The van der Waals surface area contributed by atoms with E-state index in [1.807, 2.05) is 6.07 Å². The van der Waals surface area contributed by atoms with Gasteiger partial charge in [0.05, 0.1) is 16.9 Å². The zero-order valence-electron chi connectivity index (χ0n) is 11.6. The van der Waals surface area contributed by atoms with Gasteiger partial charge in [-0.05, 0) is 45.5 Å². The monoisotopic (exact) mass is 262 g/mol. The molecule has 0 radical (unpaired) electrons. The second kappa shape index (κ2) is 5.09. The van der Waals surface area contributed by atoms with Crippen LogP contribution in [0.15, 0.2) is 18.2 Å². The van der Waals surface area contributed by atoms with Crippen LogP contribution in [0.4, 0.5) is 11.4 Å². The molecule has 0 aromatic heterocycles. The molecule has 0 bridgehead atoms. The Bertz CT molecular complexity index is 480. The van der Waals surface area contributed by atoms with E-state index in [0.717, 1.165) is 12.2 Å². The first kappa shape index (κ1) is 13.7. The molecule has 0 spiro atoms. The number of hydrogen-bond donors (Lipinski definition) is 3. The van der Waals surface area contributed by atoms with Gasteiger partial charge >= 0.3 is 0 Å². The van der Waals surface area contributed by atoms with Crippen LogP contribution in [0.2, 0.25) is 0 Å². The fourth-order valence-electron chi connectivity index (χ4n) is 2.56. The molecular formula is C14H22N4O. The van der Waals surface area contributed by atoms with E-state index in [0.29, 0.717) is 11.3 Å². The lowest BCUT2D eigenvalue weighted by molar-refractivity contribution is 0.0739. The second-order valence-corrected chi connectivity index (χ2v) is 5.46. The molecule has 1 saturated carbocycles. The van der Waals surface area contributed by atoms with Crippen molar-refractivity contribution in [3.63, 3.8) is 0 Å². The highest BCUT2D eigenvalue weighted by Gasteiger charge is 2.38. The second-order valence-electron chi connectivity index (χ2n) is 5.46. The lowest BCUT2D eigenvalue weighted by atomic mass is 9.75. The van der Waals surface area contributed by atoms with Crippen LogP contribution in [-0.4, -0.2) is 37.0 Å². The Hall–Kier alpha value is -1.75. The van der Waals surface area contributed by atoms with Gasteiger partial charge < -0.3 is 21.7 Å². The Labute approximate surface area is 113 Å². The summed E-state index contributed by atoms with van der Waals surface area (Å²) >= 11 is 0. The van der Waals surface area contributed by atoms with E-state index in [1.165, 1.54) is 19.3 Å². The fraction of sp³-hybridized carbons (Fsp3) is 0.500. The first-order valence-electron chi connectivity index (χ1n) is 6.56. The lowest BCUT2D eigenvalue weighted by Gasteiger charge is -2.47. The van der Waals surface area contributed by atoms with Crippen LogP contribution >= 0.6 is 0 Å². The Balaban J connectivity index is 2.12. The number of nitrogens with zero attached hydrogens (tertiary/aromatic N) is 1. The average molecular weight is 262 g/mol. The molecule has 2 rings (SSSR count). The molecular weight excluding hydrogens is 240 g/mol. The minimum Gasteiger partial charge on any atom is -0.396 e. The van der Waals surface area contributed by atoms with Crippen molar-refractivity contribution in [2.24, 2.45) is 5.73 Å². The zero-order chi connectivity index (χ0) is 14.0. The van der Waals surface area contributed by atoms with Gasteiger partial charge in [0.25, 0.3) is 5.91 Å². The van der Waals surface area contributed by atoms with E-state index in [4.69, 9.17) is 11.5 Å². The van der Waals surface area contributed by atoms with Gasteiger partial charge in [0.1, 0.15) is 0 Å². The molecule has 0 atom stereocenters. The smallest absolute Gasteiger partial charge is 0.250 e. The average Bonchev–Trinajstić information content (AvgIpc) is 2.28. The molecule has 19 heavy (non-hydrogen) atoms. The van der Waals surface area contributed by atoms with Crippen LogP contribution in [0.1, 0.15) is 29.6 Å². The van der Waals surface area contributed by atoms with Gasteiger partial charge in [-0.3, -0.25) is 4.79 Å². The third-order valence-corrected chi connectivity index (χ3v) is 4.21.